The van der Waals surface area contributed by atoms with E-state index in [4.69, 9.17) is 14.2 Å². The van der Waals surface area contributed by atoms with Gasteiger partial charge in [0, 0.05) is 17.3 Å². The van der Waals surface area contributed by atoms with Crippen LogP contribution in [0.4, 0.5) is 10.5 Å². The Hall–Kier alpha value is -4.39. The van der Waals surface area contributed by atoms with Crippen LogP contribution in [0.2, 0.25) is 0 Å². The largest absolute Gasteiger partial charge is 0.497 e. The molecule has 1 aliphatic rings. The molecule has 0 saturated carbocycles. The lowest BCUT2D eigenvalue weighted by atomic mass is 9.92. The van der Waals surface area contributed by atoms with Gasteiger partial charge in [-0.1, -0.05) is 60.6 Å². The highest BCUT2D eigenvalue weighted by Crippen LogP contribution is 2.40. The molecule has 37 heavy (non-hydrogen) atoms. The van der Waals surface area contributed by atoms with Crippen LogP contribution in [0.25, 0.3) is 17.0 Å². The highest BCUT2D eigenvalue weighted by Gasteiger charge is 2.36. The van der Waals surface area contributed by atoms with Gasteiger partial charge in [-0.05, 0) is 61.6 Å². The molecular formula is C30H30N4O3. The molecule has 7 heteroatoms. The van der Waals surface area contributed by atoms with Crippen LogP contribution in [0.15, 0.2) is 77.0 Å². The second-order valence-electron chi connectivity index (χ2n) is 9.24. The first-order valence-electron chi connectivity index (χ1n) is 12.4. The zero-order valence-corrected chi connectivity index (χ0v) is 21.7. The summed E-state index contributed by atoms with van der Waals surface area (Å²) in [6, 6.07) is 21.0. The molecule has 1 aliphatic heterocycles. The van der Waals surface area contributed by atoms with Crippen molar-refractivity contribution in [1.82, 2.24) is 15.5 Å². The number of rotatable bonds is 6. The lowest BCUT2D eigenvalue weighted by molar-refractivity contribution is 0.244. The van der Waals surface area contributed by atoms with Gasteiger partial charge in [0.1, 0.15) is 5.75 Å². The number of amides is 2. The molecule has 1 atom stereocenters. The number of allylic oxidation sites excluding steroid dienone is 1. The van der Waals surface area contributed by atoms with E-state index in [0.29, 0.717) is 28.8 Å². The number of aromatic nitrogens is 2. The summed E-state index contributed by atoms with van der Waals surface area (Å²) in [7, 11) is 1.60. The Morgan fingerprint density at radius 3 is 2.49 bits per heavy atom. The number of benzene rings is 3. The first-order valence-corrected chi connectivity index (χ1v) is 12.4. The van der Waals surface area contributed by atoms with Crippen LogP contribution < -0.4 is 15.0 Å². The van der Waals surface area contributed by atoms with E-state index in [9.17, 15) is 4.79 Å². The van der Waals surface area contributed by atoms with Crippen molar-refractivity contribution in [2.24, 2.45) is 0 Å². The molecule has 2 amide bonds. The van der Waals surface area contributed by atoms with Gasteiger partial charge in [-0.15, -0.1) is 0 Å². The summed E-state index contributed by atoms with van der Waals surface area (Å²) >= 11 is 0. The van der Waals surface area contributed by atoms with Gasteiger partial charge in [0.15, 0.2) is 0 Å². The molecular weight excluding hydrogens is 464 g/mol. The van der Waals surface area contributed by atoms with Crippen molar-refractivity contribution in [3.63, 3.8) is 0 Å². The van der Waals surface area contributed by atoms with Crippen LogP contribution in [-0.4, -0.2) is 23.3 Å². The third kappa shape index (κ3) is 4.60. The monoisotopic (exact) mass is 494 g/mol. The summed E-state index contributed by atoms with van der Waals surface area (Å²) in [5, 5.41) is 7.45. The van der Waals surface area contributed by atoms with Crippen LogP contribution in [0.1, 0.15) is 48.0 Å². The van der Waals surface area contributed by atoms with Gasteiger partial charge in [-0.2, -0.15) is 4.98 Å². The number of carbonyl (C=O) groups excluding carboxylic acids is 1. The van der Waals surface area contributed by atoms with Gasteiger partial charge in [0.05, 0.1) is 24.4 Å². The summed E-state index contributed by atoms with van der Waals surface area (Å²) in [5.41, 5.74) is 7.51. The van der Waals surface area contributed by atoms with Gasteiger partial charge < -0.3 is 14.6 Å². The van der Waals surface area contributed by atoms with E-state index < -0.39 is 6.04 Å². The molecule has 0 spiro atoms. The maximum Gasteiger partial charge on any atom is 0.327 e. The molecule has 1 unspecified atom stereocenters. The second-order valence-corrected chi connectivity index (χ2v) is 9.24. The Labute approximate surface area is 216 Å². The van der Waals surface area contributed by atoms with Gasteiger partial charge >= 0.3 is 6.03 Å². The van der Waals surface area contributed by atoms with Crippen molar-refractivity contribution in [2.75, 3.05) is 12.0 Å². The minimum absolute atomic E-state index is 0.243. The quantitative estimate of drug-likeness (QED) is 0.326. The second kappa shape index (κ2) is 9.93. The average Bonchev–Trinajstić information content (AvgIpc) is 3.40. The number of urea groups is 1. The number of hydrogen-bond donors (Lipinski definition) is 1. The summed E-state index contributed by atoms with van der Waals surface area (Å²) in [6.45, 7) is 8.16. The molecule has 0 saturated heterocycles. The Bertz CT molecular complexity index is 1490. The molecule has 0 aliphatic carbocycles. The summed E-state index contributed by atoms with van der Waals surface area (Å²) < 4.78 is 11.2. The zero-order chi connectivity index (χ0) is 26.1. The number of methoxy groups -OCH3 is 1. The molecule has 1 N–H and O–H groups in total. The van der Waals surface area contributed by atoms with Crippen LogP contribution in [0, 0.1) is 13.8 Å². The highest BCUT2D eigenvalue weighted by molar-refractivity contribution is 6.01. The molecule has 1 aromatic heterocycles. The Balaban J connectivity index is 1.65. The number of anilines is 1. The van der Waals surface area contributed by atoms with E-state index in [2.05, 4.69) is 55.5 Å². The molecule has 3 aromatic carbocycles. The molecule has 0 radical (unpaired) electrons. The fraction of sp³-hybridized carbons (Fsp3) is 0.233. The van der Waals surface area contributed by atoms with Crippen molar-refractivity contribution < 1.29 is 14.1 Å². The third-order valence-electron chi connectivity index (χ3n) is 6.94. The van der Waals surface area contributed by atoms with Crippen LogP contribution in [0.3, 0.4) is 0 Å². The van der Waals surface area contributed by atoms with E-state index in [1.165, 1.54) is 11.1 Å². The molecule has 2 heterocycles. The number of hydrogen-bond acceptors (Lipinski definition) is 5. The predicted octanol–water partition coefficient (Wildman–Crippen LogP) is 6.63. The van der Waals surface area contributed by atoms with Crippen LogP contribution in [0.5, 0.6) is 5.75 Å². The maximum atomic E-state index is 13.5. The standard InChI is InChI=1S/C30H30N4O3/c1-6-21-11-14-22(15-12-21)28-32-29(37-33-28)26-20(4)34(24-8-7-9-25(17-24)36-5)30(35)31-27(26)23-13-10-18(2)19(3)16-23/h7-17,27H,6H2,1-5H3,(H,31,35). The molecule has 0 bridgehead atoms. The smallest absolute Gasteiger partial charge is 0.327 e. The Morgan fingerprint density at radius 2 is 1.78 bits per heavy atom. The van der Waals surface area contributed by atoms with E-state index in [1.54, 1.807) is 12.0 Å². The zero-order valence-electron chi connectivity index (χ0n) is 21.7. The highest BCUT2D eigenvalue weighted by atomic mass is 16.5. The molecule has 7 nitrogen and oxygen atoms in total. The van der Waals surface area contributed by atoms with Crippen molar-refractivity contribution in [3.8, 4) is 17.1 Å². The van der Waals surface area contributed by atoms with Crippen LogP contribution in [-0.2, 0) is 6.42 Å². The van der Waals surface area contributed by atoms with Gasteiger partial charge in [-0.25, -0.2) is 4.79 Å². The Kier molecular flexibility index (Phi) is 6.53. The number of ether oxygens (including phenoxy) is 1. The molecule has 4 aromatic rings. The molecule has 5 rings (SSSR count). The SMILES string of the molecule is CCc1ccc(-c2noc(C3=C(C)N(c4cccc(OC)c4)C(=O)NC3c3ccc(C)c(C)c3)n2)cc1. The van der Waals surface area contributed by atoms with Crippen LogP contribution >= 0.6 is 0 Å². The Morgan fingerprint density at radius 1 is 1.00 bits per heavy atom. The van der Waals surface area contributed by atoms with Crippen molar-refractivity contribution in [1.29, 1.82) is 0 Å². The molecule has 0 fully saturated rings. The summed E-state index contributed by atoms with van der Waals surface area (Å²) in [6.07, 6.45) is 0.960. The summed E-state index contributed by atoms with van der Waals surface area (Å²) in [4.78, 5) is 19.9. The van der Waals surface area contributed by atoms with E-state index in [-0.39, 0.29) is 6.03 Å². The van der Waals surface area contributed by atoms with Crippen molar-refractivity contribution in [2.45, 2.75) is 40.2 Å². The summed E-state index contributed by atoms with van der Waals surface area (Å²) in [5.74, 6) is 1.52. The lowest BCUT2D eigenvalue weighted by Gasteiger charge is -2.35. The number of aryl methyl sites for hydroxylation is 3. The predicted molar refractivity (Wildman–Crippen MR) is 144 cm³/mol. The average molecular weight is 495 g/mol. The number of carbonyl (C=O) groups is 1. The van der Waals surface area contributed by atoms with E-state index in [1.807, 2.05) is 49.4 Å². The topological polar surface area (TPSA) is 80.5 Å². The third-order valence-corrected chi connectivity index (χ3v) is 6.94. The van der Waals surface area contributed by atoms with Gasteiger partial charge in [-0.3, -0.25) is 4.90 Å². The fourth-order valence-electron chi connectivity index (χ4n) is 4.61. The lowest BCUT2D eigenvalue weighted by Crippen LogP contribution is -2.46. The number of nitrogens with one attached hydrogen (secondary N) is 1. The van der Waals surface area contributed by atoms with Crippen molar-refractivity contribution >= 4 is 17.3 Å². The first kappa shape index (κ1) is 24.3. The minimum atomic E-state index is -0.454. The first-order chi connectivity index (χ1) is 17.9. The fourth-order valence-corrected chi connectivity index (χ4v) is 4.61. The van der Waals surface area contributed by atoms with Gasteiger partial charge in [0.2, 0.25) is 5.82 Å². The van der Waals surface area contributed by atoms with Gasteiger partial charge in [0.25, 0.3) is 5.89 Å². The van der Waals surface area contributed by atoms with E-state index >= 15 is 0 Å². The minimum Gasteiger partial charge on any atom is -0.497 e. The van der Waals surface area contributed by atoms with E-state index in [0.717, 1.165) is 28.7 Å². The van der Waals surface area contributed by atoms with Crippen molar-refractivity contribution in [3.05, 3.63) is 101 Å². The maximum absolute atomic E-state index is 13.5. The molecule has 188 valence electrons. The number of nitrogens with zero attached hydrogens (tertiary/aromatic N) is 3. The normalized spacial score (nSPS) is 15.6.